The number of thioether (sulfide) groups is 1. The second-order valence-electron chi connectivity index (χ2n) is 8.19. The van der Waals surface area contributed by atoms with Gasteiger partial charge in [-0.1, -0.05) is 57.4 Å². The van der Waals surface area contributed by atoms with Gasteiger partial charge in [0.1, 0.15) is 6.04 Å². The van der Waals surface area contributed by atoms with Crippen LogP contribution in [-0.4, -0.2) is 44.4 Å². The van der Waals surface area contributed by atoms with E-state index >= 15 is 0 Å². The molecule has 0 N–H and O–H groups in total. The summed E-state index contributed by atoms with van der Waals surface area (Å²) in [5.74, 6) is 0.546. The molecule has 1 aliphatic rings. The van der Waals surface area contributed by atoms with Crippen molar-refractivity contribution in [2.75, 3.05) is 0 Å². The van der Waals surface area contributed by atoms with Gasteiger partial charge in [0, 0.05) is 18.0 Å². The molecule has 0 spiro atoms. The van der Waals surface area contributed by atoms with Crippen LogP contribution in [-0.2, 0) is 10.5 Å². The number of carbonyl (C=O) groups excluding carboxylic acids is 2. The fraction of sp³-hybridized carbons (Fsp3) is 0.591. The molecule has 9 heteroatoms. The smallest absolute Gasteiger partial charge is 0.286 e. The van der Waals surface area contributed by atoms with Crippen molar-refractivity contribution in [1.82, 2.24) is 20.1 Å². The largest absolute Gasteiger partial charge is 0.408 e. The zero-order valence-corrected chi connectivity index (χ0v) is 19.7. The van der Waals surface area contributed by atoms with Gasteiger partial charge in [-0.2, -0.15) is 0 Å². The van der Waals surface area contributed by atoms with Gasteiger partial charge < -0.3 is 9.32 Å². The molecule has 2 heterocycles. The standard InChI is InChI=1S/C22H30N4O3S.ClH/c1-16(2)13-19(26(15-27)18-10-5-3-4-6-11-18)20(28)21-24-25-22(29-21)30-14-17-9-7-8-12-23-17;/h7-9,12,15-16,18-19H,3-6,10-11,13-14H2,1-2H3;1H/t19-;/m0./s1. The first kappa shape index (κ1) is 25.3. The van der Waals surface area contributed by atoms with Crippen LogP contribution in [0, 0.1) is 5.92 Å². The number of ketones is 1. The van der Waals surface area contributed by atoms with E-state index in [4.69, 9.17) is 4.42 Å². The van der Waals surface area contributed by atoms with E-state index < -0.39 is 6.04 Å². The van der Waals surface area contributed by atoms with Gasteiger partial charge in [0.05, 0.1) is 5.69 Å². The van der Waals surface area contributed by atoms with Crippen LogP contribution in [0.25, 0.3) is 0 Å². The van der Waals surface area contributed by atoms with Crippen LogP contribution in [0.15, 0.2) is 34.0 Å². The molecular formula is C22H31ClN4O3S. The van der Waals surface area contributed by atoms with Crippen LogP contribution in [0.2, 0.25) is 0 Å². The zero-order valence-electron chi connectivity index (χ0n) is 18.1. The molecule has 170 valence electrons. The van der Waals surface area contributed by atoms with Crippen molar-refractivity contribution in [3.05, 3.63) is 36.0 Å². The molecule has 0 unspecified atom stereocenters. The molecule has 2 aromatic heterocycles. The van der Waals surface area contributed by atoms with Crippen molar-refractivity contribution < 1.29 is 14.0 Å². The van der Waals surface area contributed by atoms with Crippen LogP contribution in [0.3, 0.4) is 0 Å². The highest BCUT2D eigenvalue weighted by Gasteiger charge is 2.34. The molecule has 0 saturated heterocycles. The first-order valence-corrected chi connectivity index (χ1v) is 11.7. The van der Waals surface area contributed by atoms with E-state index in [1.807, 2.05) is 18.2 Å². The molecule has 1 fully saturated rings. The first-order valence-electron chi connectivity index (χ1n) is 10.7. The summed E-state index contributed by atoms with van der Waals surface area (Å²) in [5.41, 5.74) is 0.895. The van der Waals surface area contributed by atoms with Crippen LogP contribution in [0.1, 0.15) is 75.2 Å². The molecule has 0 radical (unpaired) electrons. The maximum absolute atomic E-state index is 13.3. The summed E-state index contributed by atoms with van der Waals surface area (Å²) < 4.78 is 5.66. The number of carbonyl (C=O) groups is 2. The van der Waals surface area contributed by atoms with E-state index in [9.17, 15) is 9.59 Å². The van der Waals surface area contributed by atoms with Gasteiger partial charge in [-0.25, -0.2) is 0 Å². The Hall–Kier alpha value is -1.93. The summed E-state index contributed by atoms with van der Waals surface area (Å²) in [6.45, 7) is 4.11. The summed E-state index contributed by atoms with van der Waals surface area (Å²) >= 11 is 1.34. The molecule has 2 aromatic rings. The van der Waals surface area contributed by atoms with E-state index in [1.165, 1.54) is 24.6 Å². The number of pyridine rings is 1. The summed E-state index contributed by atoms with van der Waals surface area (Å²) in [4.78, 5) is 31.3. The summed E-state index contributed by atoms with van der Waals surface area (Å²) in [6, 6.07) is 5.23. The molecule has 7 nitrogen and oxygen atoms in total. The average Bonchev–Trinajstić information content (AvgIpc) is 3.07. The highest BCUT2D eigenvalue weighted by atomic mass is 35.5. The molecule has 0 aromatic carbocycles. The van der Waals surface area contributed by atoms with Gasteiger partial charge >= 0.3 is 0 Å². The van der Waals surface area contributed by atoms with Crippen molar-refractivity contribution in [3.8, 4) is 0 Å². The Morgan fingerprint density at radius 1 is 1.23 bits per heavy atom. The highest BCUT2D eigenvalue weighted by Crippen LogP contribution is 2.27. The van der Waals surface area contributed by atoms with E-state index in [0.717, 1.165) is 37.8 Å². The second-order valence-corrected chi connectivity index (χ2v) is 9.12. The normalized spacial score (nSPS) is 15.7. The second kappa shape index (κ2) is 12.8. The Morgan fingerprint density at radius 3 is 2.58 bits per heavy atom. The summed E-state index contributed by atoms with van der Waals surface area (Å²) in [5, 5.41) is 8.34. The Balaban J connectivity index is 0.00000341. The average molecular weight is 467 g/mol. The van der Waals surface area contributed by atoms with Crippen molar-refractivity contribution in [2.24, 2.45) is 5.92 Å². The minimum Gasteiger partial charge on any atom is -0.408 e. The van der Waals surface area contributed by atoms with Gasteiger partial charge in [-0.15, -0.1) is 22.6 Å². The maximum atomic E-state index is 13.3. The quantitative estimate of drug-likeness (QED) is 0.211. The summed E-state index contributed by atoms with van der Waals surface area (Å²) in [6.07, 6.45) is 9.58. The van der Waals surface area contributed by atoms with Crippen molar-refractivity contribution in [3.63, 3.8) is 0 Å². The third kappa shape index (κ3) is 7.31. The third-order valence-electron chi connectivity index (χ3n) is 5.41. The SMILES string of the molecule is CC(C)C[C@@H](C(=O)c1nnc(SCc2ccccn2)o1)N(C=O)C1CCCCCC1.Cl. The zero-order chi connectivity index (χ0) is 21.3. The van der Waals surface area contributed by atoms with Gasteiger partial charge in [0.25, 0.3) is 11.1 Å². The molecular weight excluding hydrogens is 436 g/mol. The molecule has 1 atom stereocenters. The number of halogens is 1. The maximum Gasteiger partial charge on any atom is 0.286 e. The molecule has 1 saturated carbocycles. The Kier molecular flexibility index (Phi) is 10.5. The third-order valence-corrected chi connectivity index (χ3v) is 6.26. The van der Waals surface area contributed by atoms with Gasteiger partial charge in [0.2, 0.25) is 12.2 Å². The lowest BCUT2D eigenvalue weighted by molar-refractivity contribution is -0.122. The van der Waals surface area contributed by atoms with Crippen LogP contribution < -0.4 is 0 Å². The van der Waals surface area contributed by atoms with Gasteiger partial charge in [-0.05, 0) is 37.3 Å². The minimum atomic E-state index is -0.570. The highest BCUT2D eigenvalue weighted by molar-refractivity contribution is 7.98. The van der Waals surface area contributed by atoms with Gasteiger partial charge in [0.15, 0.2) is 0 Å². The first-order chi connectivity index (χ1) is 14.6. The van der Waals surface area contributed by atoms with E-state index in [2.05, 4.69) is 29.0 Å². The number of hydrogen-bond acceptors (Lipinski definition) is 7. The van der Waals surface area contributed by atoms with Gasteiger partial charge in [-0.3, -0.25) is 14.6 Å². The van der Waals surface area contributed by atoms with Crippen molar-refractivity contribution in [2.45, 2.75) is 81.9 Å². The predicted molar refractivity (Wildman–Crippen MR) is 122 cm³/mol. The number of rotatable bonds is 10. The number of Topliss-reactive ketones (excluding diaryl/α,β-unsaturated/α-hetero) is 1. The molecule has 3 rings (SSSR count). The number of amides is 1. The molecule has 1 amide bonds. The molecule has 0 bridgehead atoms. The lowest BCUT2D eigenvalue weighted by Gasteiger charge is -2.34. The minimum absolute atomic E-state index is 0. The fourth-order valence-corrected chi connectivity index (χ4v) is 4.59. The number of hydrogen-bond donors (Lipinski definition) is 0. The molecule has 0 aliphatic heterocycles. The summed E-state index contributed by atoms with van der Waals surface area (Å²) in [7, 11) is 0. The van der Waals surface area contributed by atoms with Crippen LogP contribution >= 0.6 is 24.2 Å². The van der Waals surface area contributed by atoms with E-state index in [1.54, 1.807) is 11.1 Å². The van der Waals surface area contributed by atoms with Crippen molar-refractivity contribution in [1.29, 1.82) is 0 Å². The predicted octanol–water partition coefficient (Wildman–Crippen LogP) is 4.96. The topological polar surface area (TPSA) is 89.2 Å². The van der Waals surface area contributed by atoms with E-state index in [0.29, 0.717) is 17.4 Å². The lowest BCUT2D eigenvalue weighted by Crippen LogP contribution is -2.47. The van der Waals surface area contributed by atoms with Crippen LogP contribution in [0.5, 0.6) is 0 Å². The Bertz CT molecular complexity index is 810. The molecule has 31 heavy (non-hydrogen) atoms. The fourth-order valence-electron chi connectivity index (χ4n) is 3.91. The van der Waals surface area contributed by atoms with E-state index in [-0.39, 0.29) is 36.0 Å². The number of aromatic nitrogens is 3. The molecule has 1 aliphatic carbocycles. The van der Waals surface area contributed by atoms with Crippen LogP contribution in [0.4, 0.5) is 0 Å². The monoisotopic (exact) mass is 466 g/mol. The Morgan fingerprint density at radius 2 is 1.97 bits per heavy atom. The lowest BCUT2D eigenvalue weighted by atomic mass is 9.95. The van der Waals surface area contributed by atoms with Crippen molar-refractivity contribution >= 4 is 36.4 Å². The Labute approximate surface area is 194 Å². The number of nitrogens with zero attached hydrogens (tertiary/aromatic N) is 4.